The van der Waals surface area contributed by atoms with E-state index in [0.29, 0.717) is 18.6 Å². The zero-order valence-electron chi connectivity index (χ0n) is 11.6. The van der Waals surface area contributed by atoms with Gasteiger partial charge in [-0.05, 0) is 18.1 Å². The fourth-order valence-electron chi connectivity index (χ4n) is 2.41. The average molecular weight is 263 g/mol. The maximum atomic E-state index is 12.3. The fraction of sp³-hybridized carbons (Fsp3) is 0.533. The molecule has 0 bridgehead atoms. The van der Waals surface area contributed by atoms with E-state index in [-0.39, 0.29) is 23.5 Å². The number of aliphatic hydroxyl groups is 1. The largest absolute Gasteiger partial charge is 0.392 e. The van der Waals surface area contributed by atoms with Crippen LogP contribution < -0.4 is 5.32 Å². The summed E-state index contributed by atoms with van der Waals surface area (Å²) < 4.78 is 5.10. The second-order valence-electron chi connectivity index (χ2n) is 5.69. The molecular weight excluding hydrogens is 242 g/mol. The predicted molar refractivity (Wildman–Crippen MR) is 72.8 cm³/mol. The van der Waals surface area contributed by atoms with Crippen molar-refractivity contribution in [3.8, 4) is 0 Å². The highest BCUT2D eigenvalue weighted by atomic mass is 16.5. The molecule has 0 heterocycles. The van der Waals surface area contributed by atoms with E-state index in [1.54, 1.807) is 13.2 Å². The number of benzene rings is 1. The van der Waals surface area contributed by atoms with Gasteiger partial charge in [0, 0.05) is 24.1 Å². The Labute approximate surface area is 113 Å². The van der Waals surface area contributed by atoms with Crippen molar-refractivity contribution in [3.05, 3.63) is 35.4 Å². The topological polar surface area (TPSA) is 58.6 Å². The van der Waals surface area contributed by atoms with Crippen LogP contribution in [0.4, 0.5) is 0 Å². The lowest BCUT2D eigenvalue weighted by Gasteiger charge is -2.49. The highest BCUT2D eigenvalue weighted by Crippen LogP contribution is 2.40. The van der Waals surface area contributed by atoms with Crippen molar-refractivity contribution in [2.75, 3.05) is 7.11 Å². The van der Waals surface area contributed by atoms with E-state index in [1.165, 1.54) is 0 Å². The molecule has 1 fully saturated rings. The summed E-state index contributed by atoms with van der Waals surface area (Å²) in [4.78, 5) is 12.3. The van der Waals surface area contributed by atoms with Crippen LogP contribution in [0.15, 0.2) is 24.3 Å². The van der Waals surface area contributed by atoms with Crippen LogP contribution in [0.1, 0.15) is 36.2 Å². The normalized spacial score (nSPS) is 24.6. The zero-order valence-corrected chi connectivity index (χ0v) is 11.6. The molecule has 2 atom stereocenters. The molecule has 4 heteroatoms. The van der Waals surface area contributed by atoms with Crippen LogP contribution in [-0.4, -0.2) is 30.3 Å². The molecule has 1 amide bonds. The highest BCUT2D eigenvalue weighted by molar-refractivity contribution is 5.96. The minimum Gasteiger partial charge on any atom is -0.392 e. The molecule has 1 aromatic carbocycles. The summed E-state index contributed by atoms with van der Waals surface area (Å²) in [5.74, 6) is -0.0994. The Kier molecular flexibility index (Phi) is 3.92. The maximum Gasteiger partial charge on any atom is 0.251 e. The lowest BCUT2D eigenvalue weighted by Crippen LogP contribution is -2.61. The highest BCUT2D eigenvalue weighted by Gasteiger charge is 2.48. The Morgan fingerprint density at radius 2 is 2.16 bits per heavy atom. The molecule has 1 aliphatic carbocycles. The van der Waals surface area contributed by atoms with E-state index < -0.39 is 0 Å². The first-order chi connectivity index (χ1) is 8.96. The van der Waals surface area contributed by atoms with Gasteiger partial charge in [0.05, 0.1) is 12.7 Å². The van der Waals surface area contributed by atoms with Crippen molar-refractivity contribution in [2.24, 2.45) is 5.41 Å². The molecule has 104 valence electrons. The van der Waals surface area contributed by atoms with Crippen LogP contribution in [0.2, 0.25) is 0 Å². The number of methoxy groups -OCH3 is 1. The molecule has 2 N–H and O–H groups in total. The summed E-state index contributed by atoms with van der Waals surface area (Å²) >= 11 is 0. The van der Waals surface area contributed by atoms with Crippen LogP contribution in [0.3, 0.4) is 0 Å². The lowest BCUT2D eigenvalue weighted by molar-refractivity contribution is -0.0689. The van der Waals surface area contributed by atoms with Crippen LogP contribution in [0.25, 0.3) is 0 Å². The Morgan fingerprint density at radius 3 is 2.74 bits per heavy atom. The van der Waals surface area contributed by atoms with E-state index in [1.807, 2.05) is 32.0 Å². The molecule has 0 saturated heterocycles. The third-order valence-electron chi connectivity index (χ3n) is 4.08. The first-order valence-electron chi connectivity index (χ1n) is 6.52. The van der Waals surface area contributed by atoms with Gasteiger partial charge in [-0.2, -0.15) is 0 Å². The second kappa shape index (κ2) is 5.31. The summed E-state index contributed by atoms with van der Waals surface area (Å²) in [7, 11) is 1.61. The number of amides is 1. The van der Waals surface area contributed by atoms with Crippen molar-refractivity contribution in [3.63, 3.8) is 0 Å². The van der Waals surface area contributed by atoms with Crippen molar-refractivity contribution in [1.82, 2.24) is 5.32 Å². The maximum absolute atomic E-state index is 12.3. The van der Waals surface area contributed by atoms with E-state index in [2.05, 4.69) is 5.32 Å². The molecule has 1 saturated carbocycles. The Hall–Kier alpha value is -1.39. The van der Waals surface area contributed by atoms with Gasteiger partial charge in [-0.1, -0.05) is 32.0 Å². The van der Waals surface area contributed by atoms with Gasteiger partial charge in [0.15, 0.2) is 0 Å². The minimum atomic E-state index is -0.341. The van der Waals surface area contributed by atoms with E-state index >= 15 is 0 Å². The average Bonchev–Trinajstić information content (AvgIpc) is 2.39. The van der Waals surface area contributed by atoms with Crippen LogP contribution >= 0.6 is 0 Å². The van der Waals surface area contributed by atoms with Gasteiger partial charge < -0.3 is 15.2 Å². The van der Waals surface area contributed by atoms with E-state index in [0.717, 1.165) is 5.56 Å². The number of hydrogen-bond acceptors (Lipinski definition) is 3. The molecule has 0 aliphatic heterocycles. The molecule has 1 aromatic rings. The van der Waals surface area contributed by atoms with Crippen LogP contribution in [0.5, 0.6) is 0 Å². The Balaban J connectivity index is 2.09. The summed E-state index contributed by atoms with van der Waals surface area (Å²) in [6, 6.07) is 7.44. The van der Waals surface area contributed by atoms with Gasteiger partial charge >= 0.3 is 0 Å². The molecular formula is C15H21NO3. The summed E-state index contributed by atoms with van der Waals surface area (Å²) in [5.41, 5.74) is 1.26. The molecule has 0 radical (unpaired) electrons. The van der Waals surface area contributed by atoms with Gasteiger partial charge in [0.1, 0.15) is 0 Å². The molecule has 19 heavy (non-hydrogen) atoms. The third kappa shape index (κ3) is 2.65. The first kappa shape index (κ1) is 14.0. The summed E-state index contributed by atoms with van der Waals surface area (Å²) in [6.45, 7) is 4.35. The molecule has 2 unspecified atom stereocenters. The number of nitrogens with one attached hydrogen (secondary N) is 1. The van der Waals surface area contributed by atoms with Crippen molar-refractivity contribution >= 4 is 5.91 Å². The van der Waals surface area contributed by atoms with Gasteiger partial charge in [-0.25, -0.2) is 0 Å². The minimum absolute atomic E-state index is 0.0191. The van der Waals surface area contributed by atoms with E-state index in [9.17, 15) is 9.90 Å². The molecule has 4 nitrogen and oxygen atoms in total. The summed E-state index contributed by atoms with van der Waals surface area (Å²) in [5, 5.41) is 12.7. The fourth-order valence-corrected chi connectivity index (χ4v) is 2.41. The third-order valence-corrected chi connectivity index (χ3v) is 4.08. The number of carbonyl (C=O) groups excluding carboxylic acids is 1. The number of hydrogen-bond donors (Lipinski definition) is 2. The van der Waals surface area contributed by atoms with Crippen molar-refractivity contribution < 1.29 is 14.6 Å². The molecule has 0 spiro atoms. The van der Waals surface area contributed by atoms with Gasteiger partial charge in [0.25, 0.3) is 5.91 Å². The SMILES string of the molecule is COCc1ccccc1C(=O)NC1CC(O)C1(C)C. The van der Waals surface area contributed by atoms with Gasteiger partial charge in [-0.15, -0.1) is 0 Å². The Bertz CT molecular complexity index is 470. The quantitative estimate of drug-likeness (QED) is 0.869. The van der Waals surface area contributed by atoms with E-state index in [4.69, 9.17) is 4.74 Å². The number of carbonyl (C=O) groups is 1. The van der Waals surface area contributed by atoms with Crippen molar-refractivity contribution in [1.29, 1.82) is 0 Å². The Morgan fingerprint density at radius 1 is 1.47 bits per heavy atom. The predicted octanol–water partition coefficient (Wildman–Crippen LogP) is 1.72. The van der Waals surface area contributed by atoms with Crippen molar-refractivity contribution in [2.45, 2.75) is 39.0 Å². The lowest BCUT2D eigenvalue weighted by atomic mass is 9.64. The first-order valence-corrected chi connectivity index (χ1v) is 6.52. The molecule has 2 rings (SSSR count). The summed E-state index contributed by atoms with van der Waals surface area (Å²) in [6.07, 6.45) is 0.276. The number of rotatable bonds is 4. The zero-order chi connectivity index (χ0) is 14.0. The number of aliphatic hydroxyl groups excluding tert-OH is 1. The standard InChI is InChI=1S/C15H21NO3/c1-15(2)12(8-13(15)17)16-14(18)11-7-5-4-6-10(11)9-19-3/h4-7,12-13,17H,8-9H2,1-3H3,(H,16,18). The van der Waals surface area contributed by atoms with Gasteiger partial charge in [0.2, 0.25) is 0 Å². The van der Waals surface area contributed by atoms with Gasteiger partial charge in [-0.3, -0.25) is 4.79 Å². The smallest absolute Gasteiger partial charge is 0.251 e. The molecule has 1 aliphatic rings. The number of ether oxygens (including phenoxy) is 1. The van der Waals surface area contributed by atoms with Crippen LogP contribution in [0, 0.1) is 5.41 Å². The van der Waals surface area contributed by atoms with Crippen LogP contribution in [-0.2, 0) is 11.3 Å². The monoisotopic (exact) mass is 263 g/mol. The second-order valence-corrected chi connectivity index (χ2v) is 5.69. The molecule has 0 aromatic heterocycles.